The molecule has 0 radical (unpaired) electrons. The van der Waals surface area contributed by atoms with Crippen molar-refractivity contribution in [2.24, 2.45) is 0 Å². The normalized spacial score (nSPS) is 19.1. The zero-order valence-electron chi connectivity index (χ0n) is 9.66. The van der Waals surface area contributed by atoms with Crippen molar-refractivity contribution in [2.45, 2.75) is 29.6 Å². The molecule has 0 saturated carbocycles. The Morgan fingerprint density at radius 3 is 1.50 bits per heavy atom. The fourth-order valence-corrected chi connectivity index (χ4v) is 6.46. The predicted octanol–water partition coefficient (Wildman–Crippen LogP) is 4.75. The van der Waals surface area contributed by atoms with E-state index in [0.29, 0.717) is 0 Å². The average Bonchev–Trinajstić information content (AvgIpc) is 2.01. The zero-order chi connectivity index (χ0) is 8.81. The Labute approximate surface area is 82.4 Å². The van der Waals surface area contributed by atoms with Gasteiger partial charge in [-0.3, -0.25) is 14.1 Å². The zero-order valence-corrected chi connectivity index (χ0v) is 12.1. The minimum atomic E-state index is -2.78. The molecule has 0 fully saturated rings. The third-order valence-electron chi connectivity index (χ3n) is 2.38. The quantitative estimate of drug-likeness (QED) is 0.654. The van der Waals surface area contributed by atoms with E-state index >= 15 is 0 Å². The molecule has 0 spiro atoms. The van der Waals surface area contributed by atoms with Crippen LogP contribution in [0.3, 0.4) is 0 Å². The molecule has 0 atom stereocenters. The summed E-state index contributed by atoms with van der Waals surface area (Å²) in [5, 5.41) is 0. The Bertz CT molecular complexity index is 242. The summed E-state index contributed by atoms with van der Waals surface area (Å²) >= 11 is -2.78. The van der Waals surface area contributed by atoms with E-state index in [2.05, 4.69) is 41.4 Å². The first-order chi connectivity index (χ1) is 4.59. The monoisotopic (exact) mass is 290 g/mol. The molecule has 0 saturated heterocycles. The van der Waals surface area contributed by atoms with Gasteiger partial charge in [0.2, 0.25) is 0 Å². The van der Waals surface area contributed by atoms with Gasteiger partial charge in [0.05, 0.1) is 0 Å². The summed E-state index contributed by atoms with van der Waals surface area (Å²) in [5.74, 6) is 0. The first-order valence-electron chi connectivity index (χ1n) is 4.47. The average molecular weight is 292 g/mol. The molecule has 0 aromatic carbocycles. The minimum absolute atomic E-state index is 0. The molecule has 0 unspecified atom stereocenters. The van der Waals surface area contributed by atoms with Crippen LogP contribution in [-0.4, -0.2) is 0 Å². The molecule has 1 aliphatic carbocycles. The van der Waals surface area contributed by atoms with Crippen LogP contribution in [0.5, 0.6) is 0 Å². The Balaban J connectivity index is -0.000000403. The molecule has 0 bridgehead atoms. The van der Waals surface area contributed by atoms with Crippen molar-refractivity contribution in [3.63, 3.8) is 0 Å². The Morgan fingerprint density at radius 2 is 1.36 bits per heavy atom. The number of allylic oxidation sites excluding steroid dienone is 4. The van der Waals surface area contributed by atoms with Crippen LogP contribution in [0.25, 0.3) is 0 Å². The third-order valence-corrected chi connectivity index (χ3v) is 11.2. The van der Waals surface area contributed by atoms with Crippen molar-refractivity contribution >= 4 is 0 Å². The van der Waals surface area contributed by atoms with E-state index in [1.807, 2.05) is 0 Å². The van der Waals surface area contributed by atoms with Gasteiger partial charge in [0.25, 0.3) is 0 Å². The second-order valence-corrected chi connectivity index (χ2v) is 39.9. The van der Waals surface area contributed by atoms with Gasteiger partial charge in [0.15, 0.2) is 0 Å². The summed E-state index contributed by atoms with van der Waals surface area (Å²) in [6.07, 6.45) is 8.00. The maximum absolute atomic E-state index is 2.78. The van der Waals surface area contributed by atoms with Crippen LogP contribution < -0.4 is 0 Å². The van der Waals surface area contributed by atoms with E-state index in [-0.39, 0.29) is 14.1 Å². The maximum atomic E-state index is 2.50. The summed E-state index contributed by atoms with van der Waals surface area (Å²) in [7, 11) is 0. The predicted molar refractivity (Wildman–Crippen MR) is 58.7 cm³/mol. The van der Waals surface area contributed by atoms with Crippen LogP contribution >= 0.6 is 0 Å². The molecule has 0 aromatic heterocycles. The van der Waals surface area contributed by atoms with Gasteiger partial charge in [0.1, 0.15) is 0 Å². The van der Waals surface area contributed by atoms with Gasteiger partial charge >= 0.3 is 68.4 Å². The molecule has 1 aliphatic rings. The van der Waals surface area contributed by atoms with E-state index in [1.165, 1.54) is 6.42 Å². The van der Waals surface area contributed by atoms with E-state index in [0.717, 1.165) is 0 Å². The Kier molecular flexibility index (Phi) is 5.57. The van der Waals surface area contributed by atoms with Crippen LogP contribution in [0.4, 0.5) is 14.1 Å². The molecule has 0 heterocycles. The molecule has 1 rings (SSSR count). The van der Waals surface area contributed by atoms with Crippen LogP contribution in [0.15, 0.2) is 21.5 Å². The number of rotatable bonds is 1. The van der Waals surface area contributed by atoms with Gasteiger partial charge in [-0.1, -0.05) is 0 Å². The molecular weight excluding hydrogens is 268 g/mol. The molecule has 14 heavy (non-hydrogen) atoms. The fraction of sp³-hybridized carbons (Fsp3) is 0.600. The molecule has 4 heteroatoms. The number of hydrogen-bond acceptors (Lipinski definition) is 0. The Morgan fingerprint density at radius 1 is 0.929 bits per heavy atom. The second-order valence-electron chi connectivity index (χ2n) is 7.57. The van der Waals surface area contributed by atoms with E-state index in [4.69, 9.17) is 0 Å². The van der Waals surface area contributed by atoms with Crippen LogP contribution in [0.1, 0.15) is 6.42 Å². The molecule has 0 aliphatic heterocycles. The molecular formula is C10H23F3Zr. The molecule has 0 N–H and O–H groups in total. The standard InChI is InChI=1S/C5H5.5CH3.3FH.Zr/c1-2-4-5-3-1;;;;;;;;;/h1-3H,4H2;5*1H3;3*1H;. The van der Waals surface area contributed by atoms with Crippen molar-refractivity contribution in [1.82, 2.24) is 0 Å². The van der Waals surface area contributed by atoms with E-state index in [9.17, 15) is 0 Å². The summed E-state index contributed by atoms with van der Waals surface area (Å²) in [6, 6.07) is 0. The van der Waals surface area contributed by atoms with Crippen LogP contribution in [0, 0.1) is 0 Å². The summed E-state index contributed by atoms with van der Waals surface area (Å²) in [5.41, 5.74) is 0. The van der Waals surface area contributed by atoms with Crippen molar-refractivity contribution in [2.75, 3.05) is 0 Å². The summed E-state index contributed by atoms with van der Waals surface area (Å²) in [6.45, 7) is 0. The topological polar surface area (TPSA) is 0 Å². The van der Waals surface area contributed by atoms with Gasteiger partial charge in [-0.05, 0) is 0 Å². The van der Waals surface area contributed by atoms with Crippen LogP contribution in [-0.2, 0) is 17.3 Å². The van der Waals surface area contributed by atoms with Gasteiger partial charge in [-0.2, -0.15) is 0 Å². The van der Waals surface area contributed by atoms with E-state index < -0.39 is 17.3 Å². The Hall–Kier alpha value is 0.153. The van der Waals surface area contributed by atoms with Gasteiger partial charge in [-0.25, -0.2) is 0 Å². The van der Waals surface area contributed by atoms with E-state index in [1.54, 1.807) is 3.28 Å². The molecule has 88 valence electrons. The first-order valence-corrected chi connectivity index (χ1v) is 18.0. The van der Waals surface area contributed by atoms with Crippen LogP contribution in [0.2, 0.25) is 23.2 Å². The number of halogens is 3. The van der Waals surface area contributed by atoms with Crippen molar-refractivity contribution in [3.8, 4) is 0 Å². The van der Waals surface area contributed by atoms with Crippen molar-refractivity contribution in [1.29, 1.82) is 0 Å². The third kappa shape index (κ3) is 5.14. The van der Waals surface area contributed by atoms with Gasteiger partial charge in [-0.15, -0.1) is 0 Å². The SMILES string of the molecule is F.F.F.[CH3][Zr]([CH3])([CH3])([CH3])([CH3])[C]1=CC=CC1. The summed E-state index contributed by atoms with van der Waals surface area (Å²) < 4.78 is 14.2. The van der Waals surface area contributed by atoms with Crippen molar-refractivity contribution < 1.29 is 31.4 Å². The molecule has 0 aromatic rings. The van der Waals surface area contributed by atoms with Crippen molar-refractivity contribution in [3.05, 3.63) is 21.5 Å². The second kappa shape index (κ2) is 3.96. The molecule has 0 amide bonds. The first kappa shape index (κ1) is 19.7. The number of hydrogen-bond donors (Lipinski definition) is 0. The molecule has 0 nitrogen and oxygen atoms in total. The fourth-order valence-electron chi connectivity index (χ4n) is 1.37. The van der Waals surface area contributed by atoms with Gasteiger partial charge < -0.3 is 0 Å². The van der Waals surface area contributed by atoms with Gasteiger partial charge in [0, 0.05) is 0 Å². The summed E-state index contributed by atoms with van der Waals surface area (Å²) in [4.78, 5) is 0.